The normalized spacial score (nSPS) is 9.40. The summed E-state index contributed by atoms with van der Waals surface area (Å²) in [6, 6.07) is 4.48. The maximum absolute atomic E-state index is 11.5. The average Bonchev–Trinajstić information content (AvgIpc) is 2.26. The standard InChI is InChI=1S/C11H13NO3/c1-3-6-12-11(14)9-7-8(15-2)4-5-10(9)13/h3-5,7,13H,1,6H2,2H3,(H,12,14). The summed E-state index contributed by atoms with van der Waals surface area (Å²) in [5, 5.41) is 12.0. The Morgan fingerprint density at radius 1 is 1.67 bits per heavy atom. The number of ether oxygens (including phenoxy) is 1. The fourth-order valence-electron chi connectivity index (χ4n) is 1.08. The Hall–Kier alpha value is -1.97. The van der Waals surface area contributed by atoms with Gasteiger partial charge in [0.05, 0.1) is 12.7 Å². The third kappa shape index (κ3) is 2.74. The number of hydrogen-bond acceptors (Lipinski definition) is 3. The fourth-order valence-corrected chi connectivity index (χ4v) is 1.08. The molecule has 0 heterocycles. The van der Waals surface area contributed by atoms with Crippen LogP contribution in [0.3, 0.4) is 0 Å². The molecule has 0 saturated heterocycles. The molecule has 1 aromatic rings. The Morgan fingerprint density at radius 2 is 2.40 bits per heavy atom. The first-order valence-electron chi connectivity index (χ1n) is 4.45. The van der Waals surface area contributed by atoms with E-state index in [2.05, 4.69) is 11.9 Å². The van der Waals surface area contributed by atoms with Crippen molar-refractivity contribution in [1.82, 2.24) is 5.32 Å². The van der Waals surface area contributed by atoms with Gasteiger partial charge in [0.25, 0.3) is 5.91 Å². The lowest BCUT2D eigenvalue weighted by molar-refractivity contribution is 0.0955. The Bertz CT molecular complexity index is 374. The number of carbonyl (C=O) groups excluding carboxylic acids is 1. The summed E-state index contributed by atoms with van der Waals surface area (Å²) in [5.41, 5.74) is 0.191. The number of aromatic hydroxyl groups is 1. The van der Waals surface area contributed by atoms with Gasteiger partial charge in [-0.1, -0.05) is 6.08 Å². The molecule has 2 N–H and O–H groups in total. The highest BCUT2D eigenvalue weighted by atomic mass is 16.5. The van der Waals surface area contributed by atoms with E-state index in [9.17, 15) is 9.90 Å². The second-order valence-corrected chi connectivity index (χ2v) is 2.88. The summed E-state index contributed by atoms with van der Waals surface area (Å²) in [6.07, 6.45) is 1.56. The highest BCUT2D eigenvalue weighted by Gasteiger charge is 2.10. The summed E-state index contributed by atoms with van der Waals surface area (Å²) in [5.74, 6) is 0.0974. The van der Waals surface area contributed by atoms with Gasteiger partial charge in [0.1, 0.15) is 11.5 Å². The lowest BCUT2D eigenvalue weighted by Gasteiger charge is -2.06. The van der Waals surface area contributed by atoms with Gasteiger partial charge in [-0.25, -0.2) is 0 Å². The van der Waals surface area contributed by atoms with Gasteiger partial charge in [-0.2, -0.15) is 0 Å². The number of phenolic OH excluding ortho intramolecular Hbond substituents is 1. The van der Waals surface area contributed by atoms with Crippen LogP contribution >= 0.6 is 0 Å². The van der Waals surface area contributed by atoms with Crippen molar-refractivity contribution in [2.45, 2.75) is 0 Å². The molecule has 4 heteroatoms. The molecular weight excluding hydrogens is 194 g/mol. The Labute approximate surface area is 88.2 Å². The molecular formula is C11H13NO3. The largest absolute Gasteiger partial charge is 0.507 e. The van der Waals surface area contributed by atoms with Gasteiger partial charge in [0.15, 0.2) is 0 Å². The van der Waals surface area contributed by atoms with E-state index in [1.807, 2.05) is 0 Å². The van der Waals surface area contributed by atoms with Gasteiger partial charge in [-0.05, 0) is 18.2 Å². The van der Waals surface area contributed by atoms with Crippen molar-refractivity contribution in [3.63, 3.8) is 0 Å². The van der Waals surface area contributed by atoms with Crippen molar-refractivity contribution in [3.8, 4) is 11.5 Å². The van der Waals surface area contributed by atoms with E-state index in [-0.39, 0.29) is 17.2 Å². The first-order valence-corrected chi connectivity index (χ1v) is 4.45. The summed E-state index contributed by atoms with van der Waals surface area (Å²) < 4.78 is 4.95. The molecule has 4 nitrogen and oxygen atoms in total. The van der Waals surface area contributed by atoms with Crippen LogP contribution in [0, 0.1) is 0 Å². The number of phenols is 1. The van der Waals surface area contributed by atoms with Crippen LogP contribution in [0.5, 0.6) is 11.5 Å². The molecule has 80 valence electrons. The summed E-state index contributed by atoms with van der Waals surface area (Å²) >= 11 is 0. The Morgan fingerprint density at radius 3 is 3.00 bits per heavy atom. The average molecular weight is 207 g/mol. The molecule has 0 aliphatic rings. The van der Waals surface area contributed by atoms with Crippen molar-refractivity contribution in [3.05, 3.63) is 36.4 Å². The van der Waals surface area contributed by atoms with E-state index >= 15 is 0 Å². The van der Waals surface area contributed by atoms with Crippen LogP contribution in [0.25, 0.3) is 0 Å². The minimum absolute atomic E-state index is 0.0719. The molecule has 1 amide bonds. The highest BCUT2D eigenvalue weighted by Crippen LogP contribution is 2.22. The zero-order valence-electron chi connectivity index (χ0n) is 8.49. The number of amides is 1. The van der Waals surface area contributed by atoms with Crippen LogP contribution in [0.2, 0.25) is 0 Å². The van der Waals surface area contributed by atoms with E-state index in [4.69, 9.17) is 4.74 Å². The third-order valence-corrected chi connectivity index (χ3v) is 1.86. The highest BCUT2D eigenvalue weighted by molar-refractivity contribution is 5.97. The van der Waals surface area contributed by atoms with E-state index in [0.717, 1.165) is 0 Å². The van der Waals surface area contributed by atoms with Crippen LogP contribution in [-0.2, 0) is 0 Å². The molecule has 15 heavy (non-hydrogen) atoms. The number of rotatable bonds is 4. The van der Waals surface area contributed by atoms with Gasteiger partial charge in [-0.15, -0.1) is 6.58 Å². The van der Waals surface area contributed by atoms with Crippen LogP contribution < -0.4 is 10.1 Å². The lowest BCUT2D eigenvalue weighted by atomic mass is 10.2. The Balaban J connectivity index is 2.91. The molecule has 0 unspecified atom stereocenters. The number of benzene rings is 1. The zero-order valence-corrected chi connectivity index (χ0v) is 8.49. The van der Waals surface area contributed by atoms with Gasteiger partial charge >= 0.3 is 0 Å². The molecule has 1 rings (SSSR count). The smallest absolute Gasteiger partial charge is 0.255 e. The number of carbonyl (C=O) groups is 1. The molecule has 0 aliphatic heterocycles. The van der Waals surface area contributed by atoms with Crippen LogP contribution in [0.15, 0.2) is 30.9 Å². The topological polar surface area (TPSA) is 58.6 Å². The first-order chi connectivity index (χ1) is 7.19. The van der Waals surface area contributed by atoms with E-state index in [1.165, 1.54) is 19.2 Å². The zero-order chi connectivity index (χ0) is 11.3. The molecule has 0 spiro atoms. The fraction of sp³-hybridized carbons (Fsp3) is 0.182. The minimum atomic E-state index is -0.355. The number of nitrogens with one attached hydrogen (secondary N) is 1. The van der Waals surface area contributed by atoms with Crippen LogP contribution in [-0.4, -0.2) is 24.7 Å². The van der Waals surface area contributed by atoms with Gasteiger partial charge in [0, 0.05) is 6.54 Å². The van der Waals surface area contributed by atoms with Crippen LogP contribution in [0.4, 0.5) is 0 Å². The maximum atomic E-state index is 11.5. The number of hydrogen-bond donors (Lipinski definition) is 2. The molecule has 0 radical (unpaired) electrons. The lowest BCUT2D eigenvalue weighted by Crippen LogP contribution is -2.23. The third-order valence-electron chi connectivity index (χ3n) is 1.86. The minimum Gasteiger partial charge on any atom is -0.507 e. The quantitative estimate of drug-likeness (QED) is 0.732. The summed E-state index contributed by atoms with van der Waals surface area (Å²) in [4.78, 5) is 11.5. The van der Waals surface area contributed by atoms with Crippen molar-refractivity contribution in [2.24, 2.45) is 0 Å². The molecule has 0 fully saturated rings. The summed E-state index contributed by atoms with van der Waals surface area (Å²) in [7, 11) is 1.50. The van der Waals surface area contributed by atoms with E-state index in [0.29, 0.717) is 12.3 Å². The number of methoxy groups -OCH3 is 1. The van der Waals surface area contributed by atoms with Gasteiger partial charge in [0.2, 0.25) is 0 Å². The molecule has 0 aromatic heterocycles. The molecule has 0 bridgehead atoms. The Kier molecular flexibility index (Phi) is 3.74. The molecule has 0 saturated carbocycles. The molecule has 0 aliphatic carbocycles. The molecule has 1 aromatic carbocycles. The van der Waals surface area contributed by atoms with Gasteiger partial charge < -0.3 is 15.2 Å². The van der Waals surface area contributed by atoms with Crippen molar-refractivity contribution in [2.75, 3.05) is 13.7 Å². The maximum Gasteiger partial charge on any atom is 0.255 e. The second-order valence-electron chi connectivity index (χ2n) is 2.88. The van der Waals surface area contributed by atoms with Crippen LogP contribution in [0.1, 0.15) is 10.4 Å². The monoisotopic (exact) mass is 207 g/mol. The van der Waals surface area contributed by atoms with Gasteiger partial charge in [-0.3, -0.25) is 4.79 Å². The predicted molar refractivity (Wildman–Crippen MR) is 57.2 cm³/mol. The van der Waals surface area contributed by atoms with Crippen molar-refractivity contribution >= 4 is 5.91 Å². The SMILES string of the molecule is C=CCNC(=O)c1cc(OC)ccc1O. The van der Waals surface area contributed by atoms with E-state index in [1.54, 1.807) is 12.1 Å². The molecule has 0 atom stereocenters. The second kappa shape index (κ2) is 5.05. The first kappa shape index (κ1) is 11.1. The van der Waals surface area contributed by atoms with Crippen molar-refractivity contribution < 1.29 is 14.6 Å². The summed E-state index contributed by atoms with van der Waals surface area (Å²) in [6.45, 7) is 3.84. The predicted octanol–water partition coefficient (Wildman–Crippen LogP) is 1.32. The van der Waals surface area contributed by atoms with E-state index < -0.39 is 0 Å². The van der Waals surface area contributed by atoms with Crippen molar-refractivity contribution in [1.29, 1.82) is 0 Å².